The largest absolute Gasteiger partial charge is 0.495 e. The third-order valence-electron chi connectivity index (χ3n) is 5.55. The van der Waals surface area contributed by atoms with E-state index >= 15 is 0 Å². The number of aromatic nitrogens is 2. The summed E-state index contributed by atoms with van der Waals surface area (Å²) in [5.41, 5.74) is 0.732. The van der Waals surface area contributed by atoms with Gasteiger partial charge < -0.3 is 15.0 Å². The number of piperidine rings is 1. The predicted octanol–water partition coefficient (Wildman–Crippen LogP) is 3.69. The van der Waals surface area contributed by atoms with Crippen LogP contribution in [-0.2, 0) is 11.3 Å². The number of thiophene rings is 1. The van der Waals surface area contributed by atoms with Crippen LogP contribution in [-0.4, -0.2) is 46.5 Å². The zero-order chi connectivity index (χ0) is 22.8. The molecular weight excluding hydrogens is 452 g/mol. The van der Waals surface area contributed by atoms with Gasteiger partial charge in [0.25, 0.3) is 11.5 Å². The highest BCUT2D eigenvalue weighted by molar-refractivity contribution is 7.20. The summed E-state index contributed by atoms with van der Waals surface area (Å²) in [5.74, 6) is 0.0591. The number of benzene rings is 1. The van der Waals surface area contributed by atoms with Gasteiger partial charge in [-0.05, 0) is 49.9 Å². The van der Waals surface area contributed by atoms with Gasteiger partial charge in [-0.25, -0.2) is 4.98 Å². The zero-order valence-corrected chi connectivity index (χ0v) is 19.4. The number of likely N-dealkylation sites (tertiary alicyclic amines) is 1. The van der Waals surface area contributed by atoms with Crippen LogP contribution in [0, 0.1) is 6.92 Å². The highest BCUT2D eigenvalue weighted by Crippen LogP contribution is 2.30. The summed E-state index contributed by atoms with van der Waals surface area (Å²) in [6, 6.07) is 4.94. The molecule has 2 amide bonds. The van der Waals surface area contributed by atoms with Gasteiger partial charge in [0.1, 0.15) is 17.1 Å². The van der Waals surface area contributed by atoms with Crippen LogP contribution in [0.3, 0.4) is 0 Å². The number of rotatable bonds is 5. The molecule has 1 aliphatic heterocycles. The van der Waals surface area contributed by atoms with Gasteiger partial charge in [0, 0.05) is 18.8 Å². The lowest BCUT2D eigenvalue weighted by molar-refractivity contribution is -0.132. The number of ether oxygens (including phenoxy) is 1. The van der Waals surface area contributed by atoms with Crippen LogP contribution >= 0.6 is 22.9 Å². The molecule has 4 rings (SSSR count). The number of methoxy groups -OCH3 is 1. The van der Waals surface area contributed by atoms with Crippen molar-refractivity contribution < 1.29 is 14.3 Å². The molecule has 3 aromatic rings. The van der Waals surface area contributed by atoms with E-state index in [-0.39, 0.29) is 23.9 Å². The van der Waals surface area contributed by atoms with Gasteiger partial charge in [0.15, 0.2) is 0 Å². The second-order valence-corrected chi connectivity index (χ2v) is 9.07. The van der Waals surface area contributed by atoms with Crippen molar-refractivity contribution in [3.63, 3.8) is 0 Å². The number of fused-ring (bicyclic) bond motifs is 1. The van der Waals surface area contributed by atoms with Crippen molar-refractivity contribution >= 4 is 50.7 Å². The van der Waals surface area contributed by atoms with Gasteiger partial charge in [-0.1, -0.05) is 11.6 Å². The maximum absolute atomic E-state index is 13.1. The van der Waals surface area contributed by atoms with E-state index in [1.165, 1.54) is 18.0 Å². The normalized spacial score (nSPS) is 13.9. The van der Waals surface area contributed by atoms with Gasteiger partial charge in [-0.2, -0.15) is 0 Å². The molecule has 0 atom stereocenters. The second-order valence-electron chi connectivity index (χ2n) is 7.66. The fourth-order valence-corrected chi connectivity index (χ4v) is 5.10. The molecule has 32 heavy (non-hydrogen) atoms. The lowest BCUT2D eigenvalue weighted by Gasteiger charge is -2.26. The second kappa shape index (κ2) is 9.30. The topological polar surface area (TPSA) is 93.5 Å². The number of carbonyl (C=O) groups excluding carboxylic acids is 2. The molecule has 3 heterocycles. The molecule has 0 aliphatic carbocycles. The minimum absolute atomic E-state index is 0.0526. The first kappa shape index (κ1) is 22.3. The van der Waals surface area contributed by atoms with E-state index in [1.54, 1.807) is 30.0 Å². The average molecular weight is 475 g/mol. The summed E-state index contributed by atoms with van der Waals surface area (Å²) in [4.78, 5) is 45.5. The van der Waals surface area contributed by atoms with E-state index in [4.69, 9.17) is 16.3 Å². The number of nitrogens with zero attached hydrogens (tertiary/aromatic N) is 3. The highest BCUT2D eigenvalue weighted by atomic mass is 35.5. The molecule has 0 bridgehead atoms. The Kier molecular flexibility index (Phi) is 6.48. The summed E-state index contributed by atoms with van der Waals surface area (Å²) in [6.07, 6.45) is 4.48. The Balaban J connectivity index is 1.58. The number of aryl methyl sites for hydroxylation is 1. The molecular formula is C22H23ClN4O4S. The lowest BCUT2D eigenvalue weighted by atomic mass is 10.1. The van der Waals surface area contributed by atoms with Crippen molar-refractivity contribution in [2.75, 3.05) is 25.5 Å². The maximum Gasteiger partial charge on any atom is 0.266 e. The van der Waals surface area contributed by atoms with E-state index in [2.05, 4.69) is 10.3 Å². The fraction of sp³-hybridized carbons (Fsp3) is 0.364. The van der Waals surface area contributed by atoms with Crippen LogP contribution in [0.15, 0.2) is 29.3 Å². The molecule has 1 aromatic carbocycles. The van der Waals surface area contributed by atoms with E-state index in [1.807, 2.05) is 0 Å². The average Bonchev–Trinajstić information content (AvgIpc) is 3.13. The zero-order valence-electron chi connectivity index (χ0n) is 17.8. The minimum Gasteiger partial charge on any atom is -0.495 e. The fourth-order valence-electron chi connectivity index (χ4n) is 3.81. The van der Waals surface area contributed by atoms with Crippen LogP contribution < -0.4 is 15.6 Å². The van der Waals surface area contributed by atoms with Crippen LogP contribution in [0.4, 0.5) is 5.69 Å². The maximum atomic E-state index is 13.1. The first-order valence-corrected chi connectivity index (χ1v) is 11.5. The van der Waals surface area contributed by atoms with Gasteiger partial charge in [0.2, 0.25) is 5.91 Å². The first-order valence-electron chi connectivity index (χ1n) is 10.3. The molecule has 8 nitrogen and oxygen atoms in total. The van der Waals surface area contributed by atoms with Crippen molar-refractivity contribution in [3.8, 4) is 5.75 Å². The molecule has 0 spiro atoms. The molecule has 0 unspecified atom stereocenters. The Bertz CT molecular complexity index is 1250. The molecule has 168 valence electrons. The van der Waals surface area contributed by atoms with Crippen LogP contribution in [0.2, 0.25) is 5.02 Å². The number of hydrogen-bond donors (Lipinski definition) is 1. The van der Waals surface area contributed by atoms with Crippen LogP contribution in [0.5, 0.6) is 5.75 Å². The molecule has 0 radical (unpaired) electrons. The van der Waals surface area contributed by atoms with Gasteiger partial charge in [-0.15, -0.1) is 11.3 Å². The third kappa shape index (κ3) is 4.35. The summed E-state index contributed by atoms with van der Waals surface area (Å²) in [7, 11) is 1.51. The van der Waals surface area contributed by atoms with Crippen molar-refractivity contribution in [2.45, 2.75) is 32.7 Å². The summed E-state index contributed by atoms with van der Waals surface area (Å²) < 4.78 is 6.45. The molecule has 2 aromatic heterocycles. The molecule has 1 saturated heterocycles. The number of carbonyl (C=O) groups is 2. The number of nitrogens with one attached hydrogen (secondary N) is 1. The van der Waals surface area contributed by atoms with E-state index < -0.39 is 0 Å². The monoisotopic (exact) mass is 474 g/mol. The van der Waals surface area contributed by atoms with Crippen LogP contribution in [0.1, 0.15) is 34.5 Å². The first-order chi connectivity index (χ1) is 15.4. The number of hydrogen-bond acceptors (Lipinski definition) is 6. The Morgan fingerprint density at radius 2 is 2.00 bits per heavy atom. The number of halogens is 1. The quantitative estimate of drug-likeness (QED) is 0.608. The molecule has 1 aliphatic rings. The van der Waals surface area contributed by atoms with Crippen molar-refractivity contribution in [2.24, 2.45) is 0 Å². The Hall–Kier alpha value is -2.91. The lowest BCUT2D eigenvalue weighted by Crippen LogP contribution is -2.39. The van der Waals surface area contributed by atoms with Gasteiger partial charge in [0.05, 0.1) is 28.7 Å². The smallest absolute Gasteiger partial charge is 0.266 e. The van der Waals surface area contributed by atoms with Gasteiger partial charge >= 0.3 is 0 Å². The summed E-state index contributed by atoms with van der Waals surface area (Å²) in [6.45, 7) is 3.11. The van der Waals surface area contributed by atoms with E-state index in [0.717, 1.165) is 43.7 Å². The highest BCUT2D eigenvalue weighted by Gasteiger charge is 2.22. The van der Waals surface area contributed by atoms with E-state index in [0.29, 0.717) is 37.1 Å². The summed E-state index contributed by atoms with van der Waals surface area (Å²) in [5, 5.41) is 3.53. The van der Waals surface area contributed by atoms with Crippen LogP contribution in [0.25, 0.3) is 10.2 Å². The van der Waals surface area contributed by atoms with Crippen molar-refractivity contribution in [1.82, 2.24) is 14.5 Å². The standard InChI is InChI=1S/C22H23ClN4O4S/c1-13-18-21(24-12-27(22(18)30)11-17(28)26-8-4-3-5-9-26)32-19(13)20(29)25-14-6-7-16(31-2)15(23)10-14/h6-7,10,12H,3-5,8-9,11H2,1-2H3,(H,25,29). The predicted molar refractivity (Wildman–Crippen MR) is 125 cm³/mol. The Morgan fingerprint density at radius 1 is 1.25 bits per heavy atom. The molecule has 1 fully saturated rings. The number of amides is 2. The van der Waals surface area contributed by atoms with E-state index in [9.17, 15) is 14.4 Å². The number of anilines is 1. The molecule has 0 saturated carbocycles. The summed E-state index contributed by atoms with van der Waals surface area (Å²) >= 11 is 7.27. The van der Waals surface area contributed by atoms with Crippen molar-refractivity contribution in [1.29, 1.82) is 0 Å². The van der Waals surface area contributed by atoms with Gasteiger partial charge in [-0.3, -0.25) is 19.0 Å². The molecule has 1 N–H and O–H groups in total. The minimum atomic E-state index is -0.359. The SMILES string of the molecule is COc1ccc(NC(=O)c2sc3ncn(CC(=O)N4CCCCC4)c(=O)c3c2C)cc1Cl. The third-order valence-corrected chi connectivity index (χ3v) is 7.04. The Labute approximate surface area is 193 Å². The molecule has 10 heteroatoms. The Morgan fingerprint density at radius 3 is 2.69 bits per heavy atom. The van der Waals surface area contributed by atoms with Crippen molar-refractivity contribution in [3.05, 3.63) is 50.3 Å².